The van der Waals surface area contributed by atoms with Crippen molar-refractivity contribution in [2.45, 2.75) is 24.9 Å². The molecular weight excluding hydrogens is 370 g/mol. The number of benzene rings is 3. The Morgan fingerprint density at radius 1 is 0.833 bits per heavy atom. The molecule has 0 radical (unpaired) electrons. The first-order chi connectivity index (χ1) is 14.6. The highest BCUT2D eigenvalue weighted by molar-refractivity contribution is 5.94. The van der Waals surface area contributed by atoms with Crippen LogP contribution in [-0.4, -0.2) is 29.0 Å². The van der Waals surface area contributed by atoms with Crippen LogP contribution in [0.25, 0.3) is 11.6 Å². The van der Waals surface area contributed by atoms with Crippen LogP contribution in [-0.2, 0) is 10.4 Å². The number of piperidine rings is 1. The normalized spacial score (nSPS) is 16.3. The van der Waals surface area contributed by atoms with Crippen molar-refractivity contribution in [3.05, 3.63) is 108 Å². The van der Waals surface area contributed by atoms with Crippen LogP contribution < -0.4 is 0 Å². The average molecular weight is 398 g/mol. The SMILES string of the molecule is O=C(C/C(=C\c1ccccc1)c1ccccc1)N1CCC(O)(c2ccccc2)CC1. The first-order valence-corrected chi connectivity index (χ1v) is 10.5. The van der Waals surface area contributed by atoms with Crippen LogP contribution in [0.2, 0.25) is 0 Å². The number of hydrogen-bond donors (Lipinski definition) is 1. The van der Waals surface area contributed by atoms with Gasteiger partial charge in [-0.25, -0.2) is 0 Å². The van der Waals surface area contributed by atoms with Crippen molar-refractivity contribution in [2.24, 2.45) is 0 Å². The van der Waals surface area contributed by atoms with Crippen LogP contribution in [0, 0.1) is 0 Å². The van der Waals surface area contributed by atoms with Crippen molar-refractivity contribution in [1.29, 1.82) is 0 Å². The minimum absolute atomic E-state index is 0.108. The Labute approximate surface area is 178 Å². The third-order valence-electron chi connectivity index (χ3n) is 5.88. The summed E-state index contributed by atoms with van der Waals surface area (Å²) in [6.45, 7) is 1.13. The number of amides is 1. The zero-order valence-corrected chi connectivity index (χ0v) is 17.1. The van der Waals surface area contributed by atoms with Crippen molar-refractivity contribution in [3.8, 4) is 0 Å². The van der Waals surface area contributed by atoms with E-state index in [9.17, 15) is 9.90 Å². The van der Waals surface area contributed by atoms with Gasteiger partial charge >= 0.3 is 0 Å². The van der Waals surface area contributed by atoms with E-state index in [1.54, 1.807) is 0 Å². The van der Waals surface area contributed by atoms with Crippen LogP contribution in [0.1, 0.15) is 36.0 Å². The fourth-order valence-corrected chi connectivity index (χ4v) is 4.08. The van der Waals surface area contributed by atoms with Crippen LogP contribution >= 0.6 is 0 Å². The maximum absolute atomic E-state index is 13.1. The lowest BCUT2D eigenvalue weighted by atomic mass is 9.84. The Hall–Kier alpha value is -3.17. The minimum atomic E-state index is -0.847. The largest absolute Gasteiger partial charge is 0.385 e. The molecule has 3 heteroatoms. The van der Waals surface area contributed by atoms with E-state index in [0.29, 0.717) is 32.4 Å². The minimum Gasteiger partial charge on any atom is -0.385 e. The van der Waals surface area contributed by atoms with Crippen LogP contribution in [0.15, 0.2) is 91.0 Å². The van der Waals surface area contributed by atoms with Crippen LogP contribution in [0.4, 0.5) is 0 Å². The standard InChI is InChI=1S/C27H27NO2/c29-26(28-18-16-27(30,17-19-28)25-14-8-3-9-15-25)21-24(23-12-6-2-7-13-23)20-22-10-4-1-5-11-22/h1-15,20,30H,16-19,21H2/b24-20+. The Morgan fingerprint density at radius 3 is 1.97 bits per heavy atom. The maximum Gasteiger partial charge on any atom is 0.227 e. The quantitative estimate of drug-likeness (QED) is 0.607. The molecule has 1 N–H and O–H groups in total. The summed E-state index contributed by atoms with van der Waals surface area (Å²) in [5.41, 5.74) is 3.25. The topological polar surface area (TPSA) is 40.5 Å². The van der Waals surface area contributed by atoms with Gasteiger partial charge in [0.2, 0.25) is 5.91 Å². The van der Waals surface area contributed by atoms with Gasteiger partial charge < -0.3 is 10.0 Å². The molecule has 1 aliphatic rings. The molecule has 0 atom stereocenters. The van der Waals surface area contributed by atoms with Gasteiger partial charge in [0.15, 0.2) is 0 Å². The molecule has 0 aromatic heterocycles. The molecule has 3 aromatic rings. The van der Waals surface area contributed by atoms with Crippen LogP contribution in [0.3, 0.4) is 0 Å². The van der Waals surface area contributed by atoms with Crippen molar-refractivity contribution in [1.82, 2.24) is 4.90 Å². The maximum atomic E-state index is 13.1. The van der Waals surface area contributed by atoms with Gasteiger partial charge in [-0.05, 0) is 35.1 Å². The lowest BCUT2D eigenvalue weighted by Gasteiger charge is -2.38. The summed E-state index contributed by atoms with van der Waals surface area (Å²) < 4.78 is 0. The summed E-state index contributed by atoms with van der Waals surface area (Å²) in [6, 6.07) is 30.0. The third-order valence-corrected chi connectivity index (χ3v) is 5.88. The lowest BCUT2D eigenvalue weighted by Crippen LogP contribution is -2.45. The predicted molar refractivity (Wildman–Crippen MR) is 122 cm³/mol. The van der Waals surface area contributed by atoms with E-state index in [1.165, 1.54) is 0 Å². The van der Waals surface area contributed by atoms with E-state index in [1.807, 2.05) is 95.9 Å². The molecule has 0 saturated carbocycles. The second-order valence-corrected chi connectivity index (χ2v) is 7.90. The molecule has 1 heterocycles. The summed E-state index contributed by atoms with van der Waals surface area (Å²) in [5, 5.41) is 11.0. The summed E-state index contributed by atoms with van der Waals surface area (Å²) in [6.07, 6.45) is 3.57. The van der Waals surface area contributed by atoms with Crippen LogP contribution in [0.5, 0.6) is 0 Å². The van der Waals surface area contributed by atoms with E-state index in [2.05, 4.69) is 6.08 Å². The van der Waals surface area contributed by atoms with Crippen molar-refractivity contribution in [2.75, 3.05) is 13.1 Å². The second kappa shape index (κ2) is 9.10. The molecule has 3 aromatic carbocycles. The number of carbonyl (C=O) groups excluding carboxylic acids is 1. The highest BCUT2D eigenvalue weighted by Gasteiger charge is 2.35. The van der Waals surface area contributed by atoms with Gasteiger partial charge in [-0.15, -0.1) is 0 Å². The van der Waals surface area contributed by atoms with Gasteiger partial charge in [-0.3, -0.25) is 4.79 Å². The fraction of sp³-hybridized carbons (Fsp3) is 0.222. The number of rotatable bonds is 5. The molecule has 0 unspecified atom stereocenters. The molecule has 3 nitrogen and oxygen atoms in total. The van der Waals surface area contributed by atoms with Gasteiger partial charge in [0.1, 0.15) is 0 Å². The molecule has 1 amide bonds. The van der Waals surface area contributed by atoms with Crippen molar-refractivity contribution in [3.63, 3.8) is 0 Å². The summed E-state index contributed by atoms with van der Waals surface area (Å²) in [4.78, 5) is 15.0. The third kappa shape index (κ3) is 4.69. The van der Waals surface area contributed by atoms with Gasteiger partial charge in [0.25, 0.3) is 0 Å². The van der Waals surface area contributed by atoms with Crippen molar-refractivity contribution >= 4 is 17.6 Å². The van der Waals surface area contributed by atoms with Gasteiger partial charge in [0.05, 0.1) is 12.0 Å². The van der Waals surface area contributed by atoms with Gasteiger partial charge in [-0.1, -0.05) is 97.1 Å². The van der Waals surface area contributed by atoms with E-state index >= 15 is 0 Å². The molecule has 1 aliphatic heterocycles. The molecule has 0 spiro atoms. The Kier molecular flexibility index (Phi) is 6.10. The number of hydrogen-bond acceptors (Lipinski definition) is 2. The molecule has 30 heavy (non-hydrogen) atoms. The molecule has 1 saturated heterocycles. The number of nitrogens with zero attached hydrogens (tertiary/aromatic N) is 1. The van der Waals surface area contributed by atoms with E-state index in [4.69, 9.17) is 0 Å². The fourth-order valence-electron chi connectivity index (χ4n) is 4.08. The molecule has 4 rings (SSSR count). The molecule has 0 bridgehead atoms. The van der Waals surface area contributed by atoms with E-state index < -0.39 is 5.60 Å². The van der Waals surface area contributed by atoms with Crippen molar-refractivity contribution < 1.29 is 9.90 Å². The smallest absolute Gasteiger partial charge is 0.227 e. The highest BCUT2D eigenvalue weighted by Crippen LogP contribution is 2.33. The van der Waals surface area contributed by atoms with E-state index in [-0.39, 0.29) is 5.91 Å². The number of carbonyl (C=O) groups is 1. The summed E-state index contributed by atoms with van der Waals surface area (Å²) >= 11 is 0. The predicted octanol–water partition coefficient (Wildman–Crippen LogP) is 5.13. The molecule has 1 fully saturated rings. The summed E-state index contributed by atoms with van der Waals surface area (Å²) in [7, 11) is 0. The number of aliphatic hydroxyl groups is 1. The number of likely N-dealkylation sites (tertiary alicyclic amines) is 1. The second-order valence-electron chi connectivity index (χ2n) is 7.90. The zero-order valence-electron chi connectivity index (χ0n) is 17.1. The first-order valence-electron chi connectivity index (χ1n) is 10.5. The first kappa shape index (κ1) is 20.1. The monoisotopic (exact) mass is 397 g/mol. The summed E-state index contributed by atoms with van der Waals surface area (Å²) in [5.74, 6) is 0.108. The van der Waals surface area contributed by atoms with Gasteiger partial charge in [0, 0.05) is 13.1 Å². The lowest BCUT2D eigenvalue weighted by molar-refractivity contribution is -0.134. The van der Waals surface area contributed by atoms with E-state index in [0.717, 1.165) is 22.3 Å². The zero-order chi connectivity index (χ0) is 20.8. The Balaban J connectivity index is 1.48. The Bertz CT molecular complexity index is 989. The molecule has 0 aliphatic carbocycles. The Morgan fingerprint density at radius 2 is 1.37 bits per heavy atom. The highest BCUT2D eigenvalue weighted by atomic mass is 16.3. The molecular formula is C27H27NO2. The van der Waals surface area contributed by atoms with Gasteiger partial charge in [-0.2, -0.15) is 0 Å². The average Bonchev–Trinajstić information content (AvgIpc) is 2.81. The molecule has 152 valence electrons.